The fourth-order valence-electron chi connectivity index (χ4n) is 3.62. The van der Waals surface area contributed by atoms with Crippen LogP contribution in [0.2, 0.25) is 0 Å². The van der Waals surface area contributed by atoms with Gasteiger partial charge in [0.1, 0.15) is 17.1 Å². The Bertz CT molecular complexity index is 960. The Morgan fingerprint density at radius 3 is 2.57 bits per heavy atom. The fourth-order valence-corrected chi connectivity index (χ4v) is 3.62. The van der Waals surface area contributed by atoms with E-state index in [1.54, 1.807) is 29.8 Å². The van der Waals surface area contributed by atoms with Gasteiger partial charge in [0, 0.05) is 12.0 Å². The lowest BCUT2D eigenvalue weighted by atomic mass is 9.91. The predicted molar refractivity (Wildman–Crippen MR) is 115 cm³/mol. The van der Waals surface area contributed by atoms with Crippen LogP contribution in [0.15, 0.2) is 30.3 Å². The van der Waals surface area contributed by atoms with Crippen LogP contribution in [0.3, 0.4) is 0 Å². The van der Waals surface area contributed by atoms with Crippen LogP contribution in [0.4, 0.5) is 10.1 Å². The molecule has 1 aliphatic rings. The molecule has 1 aromatic carbocycles. The minimum Gasteiger partial charge on any atom is -0.354 e. The van der Waals surface area contributed by atoms with Crippen molar-refractivity contribution >= 4 is 17.5 Å². The lowest BCUT2D eigenvalue weighted by Crippen LogP contribution is -2.64. The molecule has 0 fully saturated rings. The summed E-state index contributed by atoms with van der Waals surface area (Å²) >= 11 is 0. The fraction of sp³-hybridized carbons (Fsp3) is 0.522. The lowest BCUT2D eigenvalue weighted by Gasteiger charge is -2.43. The summed E-state index contributed by atoms with van der Waals surface area (Å²) in [5.74, 6) is -0.869. The van der Waals surface area contributed by atoms with Crippen molar-refractivity contribution < 1.29 is 14.0 Å². The Kier molecular flexibility index (Phi) is 5.76. The van der Waals surface area contributed by atoms with E-state index in [4.69, 9.17) is 0 Å². The van der Waals surface area contributed by atoms with Crippen LogP contribution < -0.4 is 10.2 Å². The molecular formula is C23H31FN4O2. The monoisotopic (exact) mass is 414 g/mol. The Hall–Kier alpha value is -2.70. The van der Waals surface area contributed by atoms with E-state index in [9.17, 15) is 14.0 Å². The molecule has 0 radical (unpaired) electrons. The summed E-state index contributed by atoms with van der Waals surface area (Å²) in [4.78, 5) is 28.1. The highest BCUT2D eigenvalue weighted by atomic mass is 19.1. The van der Waals surface area contributed by atoms with Gasteiger partial charge in [-0.1, -0.05) is 46.8 Å². The van der Waals surface area contributed by atoms with Gasteiger partial charge in [0.05, 0.1) is 17.9 Å². The van der Waals surface area contributed by atoms with Crippen LogP contribution in [0.5, 0.6) is 0 Å². The molecule has 0 aliphatic carbocycles. The number of amides is 2. The Morgan fingerprint density at radius 1 is 1.30 bits per heavy atom. The van der Waals surface area contributed by atoms with E-state index >= 15 is 0 Å². The van der Waals surface area contributed by atoms with Gasteiger partial charge < -0.3 is 5.32 Å². The number of hydrogen-bond donors (Lipinski definition) is 1. The summed E-state index contributed by atoms with van der Waals surface area (Å²) in [7, 11) is 0. The minimum atomic E-state index is -1.32. The van der Waals surface area contributed by atoms with E-state index in [1.165, 1.54) is 17.0 Å². The third-order valence-electron chi connectivity index (χ3n) is 5.51. The molecule has 1 atom stereocenters. The van der Waals surface area contributed by atoms with Crippen molar-refractivity contribution in [2.45, 2.75) is 65.5 Å². The molecule has 0 spiro atoms. The molecule has 0 bridgehead atoms. The largest absolute Gasteiger partial charge is 0.354 e. The number of aromatic nitrogens is 2. The van der Waals surface area contributed by atoms with Crippen LogP contribution in [-0.2, 0) is 16.8 Å². The first-order valence-electron chi connectivity index (χ1n) is 10.4. The molecule has 0 saturated heterocycles. The molecule has 3 rings (SSSR count). The van der Waals surface area contributed by atoms with Gasteiger partial charge in [-0.25, -0.2) is 4.39 Å². The second-order valence-corrected chi connectivity index (χ2v) is 9.63. The quantitative estimate of drug-likeness (QED) is 0.807. The Morgan fingerprint density at radius 2 is 1.97 bits per heavy atom. The Labute approximate surface area is 177 Å². The van der Waals surface area contributed by atoms with Crippen molar-refractivity contribution in [3.05, 3.63) is 47.5 Å². The maximum atomic E-state index is 14.7. The second-order valence-electron chi connectivity index (χ2n) is 9.63. The molecule has 1 N–H and O–H groups in total. The molecule has 1 unspecified atom stereocenters. The van der Waals surface area contributed by atoms with Crippen LogP contribution in [0.25, 0.3) is 0 Å². The maximum Gasteiger partial charge on any atom is 0.277 e. The Balaban J connectivity index is 2.08. The first-order valence-corrected chi connectivity index (χ1v) is 10.4. The predicted octanol–water partition coefficient (Wildman–Crippen LogP) is 3.90. The molecule has 6 nitrogen and oxygen atoms in total. The van der Waals surface area contributed by atoms with Gasteiger partial charge in [0.15, 0.2) is 0 Å². The average molecular weight is 415 g/mol. The topological polar surface area (TPSA) is 67.2 Å². The highest BCUT2D eigenvalue weighted by molar-refractivity contribution is 6.11. The first-order chi connectivity index (χ1) is 13.9. The maximum absolute atomic E-state index is 14.7. The number of carbonyl (C=O) groups is 2. The van der Waals surface area contributed by atoms with Gasteiger partial charge >= 0.3 is 0 Å². The number of nitrogens with one attached hydrogen (secondary N) is 1. The van der Waals surface area contributed by atoms with E-state index in [0.29, 0.717) is 18.2 Å². The number of para-hydroxylation sites is 1. The highest BCUT2D eigenvalue weighted by Gasteiger charge is 2.49. The van der Waals surface area contributed by atoms with Gasteiger partial charge in [-0.2, -0.15) is 5.10 Å². The van der Waals surface area contributed by atoms with Crippen LogP contribution in [-0.4, -0.2) is 33.7 Å². The van der Waals surface area contributed by atoms with Crippen molar-refractivity contribution in [2.75, 3.05) is 11.4 Å². The zero-order valence-electron chi connectivity index (χ0n) is 18.6. The van der Waals surface area contributed by atoms with Crippen LogP contribution in [0.1, 0.15) is 64.1 Å². The summed E-state index contributed by atoms with van der Waals surface area (Å²) in [5.41, 5.74) is -0.374. The molecule has 7 heteroatoms. The summed E-state index contributed by atoms with van der Waals surface area (Å²) in [6.45, 7) is 12.5. The van der Waals surface area contributed by atoms with Gasteiger partial charge in [0.2, 0.25) is 5.91 Å². The van der Waals surface area contributed by atoms with Gasteiger partial charge in [-0.3, -0.25) is 19.2 Å². The molecular weight excluding hydrogens is 383 g/mol. The molecule has 1 aromatic heterocycles. The van der Waals surface area contributed by atoms with Crippen LogP contribution >= 0.6 is 0 Å². The third kappa shape index (κ3) is 3.98. The molecule has 2 heterocycles. The van der Waals surface area contributed by atoms with E-state index in [1.807, 2.05) is 20.8 Å². The standard InChI is InChI=1S/C23H31FN4O2/c1-15(2)11-12-25-21(30)23(6)14-27-18(13-19(26-27)22(3,4)5)20(29)28(23)17-10-8-7-9-16(17)24/h7-10,13,15H,11-12,14H2,1-6H3,(H,25,30). The number of rotatable bonds is 5. The number of hydrogen-bond acceptors (Lipinski definition) is 3. The zero-order valence-corrected chi connectivity index (χ0v) is 18.6. The summed E-state index contributed by atoms with van der Waals surface area (Å²) < 4.78 is 16.3. The molecule has 2 aromatic rings. The summed E-state index contributed by atoms with van der Waals surface area (Å²) in [6.07, 6.45) is 0.816. The number of nitrogens with zero attached hydrogens (tertiary/aromatic N) is 3. The zero-order chi connectivity index (χ0) is 22.3. The number of anilines is 1. The van der Waals surface area contributed by atoms with Crippen molar-refractivity contribution in [1.29, 1.82) is 0 Å². The van der Waals surface area contributed by atoms with Gasteiger partial charge in [0.25, 0.3) is 5.91 Å². The second kappa shape index (κ2) is 7.85. The average Bonchev–Trinajstić information content (AvgIpc) is 3.07. The van der Waals surface area contributed by atoms with E-state index in [2.05, 4.69) is 24.3 Å². The van der Waals surface area contributed by atoms with E-state index < -0.39 is 17.3 Å². The minimum absolute atomic E-state index is 0.0915. The number of halogens is 1. The summed E-state index contributed by atoms with van der Waals surface area (Å²) in [6, 6.07) is 7.80. The lowest BCUT2D eigenvalue weighted by molar-refractivity contribution is -0.126. The van der Waals surface area contributed by atoms with Gasteiger partial charge in [-0.15, -0.1) is 0 Å². The smallest absolute Gasteiger partial charge is 0.277 e. The number of fused-ring (bicyclic) bond motifs is 1. The number of carbonyl (C=O) groups excluding carboxylic acids is 2. The van der Waals surface area contributed by atoms with Crippen molar-refractivity contribution in [3.8, 4) is 0 Å². The SMILES string of the molecule is CC(C)CCNC(=O)C1(C)Cn2nc(C(C)(C)C)cc2C(=O)N1c1ccccc1F. The molecule has 0 saturated carbocycles. The molecule has 30 heavy (non-hydrogen) atoms. The third-order valence-corrected chi connectivity index (χ3v) is 5.51. The van der Waals surface area contributed by atoms with Crippen molar-refractivity contribution in [3.63, 3.8) is 0 Å². The summed E-state index contributed by atoms with van der Waals surface area (Å²) in [5, 5.41) is 7.54. The van der Waals surface area contributed by atoms with E-state index in [-0.39, 0.29) is 23.6 Å². The molecule has 2 amide bonds. The first kappa shape index (κ1) is 22.0. The molecule has 1 aliphatic heterocycles. The highest BCUT2D eigenvalue weighted by Crippen LogP contribution is 2.35. The van der Waals surface area contributed by atoms with Crippen LogP contribution in [0, 0.1) is 11.7 Å². The van der Waals surface area contributed by atoms with E-state index in [0.717, 1.165) is 12.1 Å². The van der Waals surface area contributed by atoms with Crippen molar-refractivity contribution in [2.24, 2.45) is 5.92 Å². The number of benzene rings is 1. The normalized spacial score (nSPS) is 19.2. The molecule has 162 valence electrons. The van der Waals surface area contributed by atoms with Crippen molar-refractivity contribution in [1.82, 2.24) is 15.1 Å². The van der Waals surface area contributed by atoms with Gasteiger partial charge in [-0.05, 0) is 37.5 Å².